The first-order valence-electron chi connectivity index (χ1n) is 6.79. The van der Waals surface area contributed by atoms with E-state index in [1.54, 1.807) is 0 Å². The van der Waals surface area contributed by atoms with Crippen LogP contribution in [0.3, 0.4) is 0 Å². The Kier molecular flexibility index (Phi) is 4.19. The number of nitrogens with one attached hydrogen (secondary N) is 1. The second-order valence-electron chi connectivity index (χ2n) is 5.63. The molecule has 1 saturated carbocycles. The van der Waals surface area contributed by atoms with Crippen molar-refractivity contribution in [3.8, 4) is 0 Å². The van der Waals surface area contributed by atoms with Crippen LogP contribution in [0.15, 0.2) is 28.7 Å². The highest BCUT2D eigenvalue weighted by atomic mass is 79.9. The summed E-state index contributed by atoms with van der Waals surface area (Å²) in [5.74, 6) is 0.501. The highest BCUT2D eigenvalue weighted by Crippen LogP contribution is 2.39. The minimum Gasteiger partial charge on any atom is -0.371 e. The van der Waals surface area contributed by atoms with E-state index in [0.29, 0.717) is 5.92 Å². The second-order valence-corrected chi connectivity index (χ2v) is 6.54. The molecule has 3 nitrogen and oxygen atoms in total. The molecule has 0 bridgehead atoms. The first-order chi connectivity index (χ1) is 8.95. The Morgan fingerprint density at radius 3 is 2.58 bits per heavy atom. The van der Waals surface area contributed by atoms with Gasteiger partial charge < -0.3 is 11.1 Å². The van der Waals surface area contributed by atoms with Gasteiger partial charge >= 0.3 is 0 Å². The Morgan fingerprint density at radius 1 is 1.37 bits per heavy atom. The van der Waals surface area contributed by atoms with Crippen molar-refractivity contribution in [1.82, 2.24) is 0 Å². The van der Waals surface area contributed by atoms with Gasteiger partial charge in [0, 0.05) is 10.2 Å². The summed E-state index contributed by atoms with van der Waals surface area (Å²) in [7, 11) is 0. The number of hydrogen-bond donors (Lipinski definition) is 2. The number of carbonyl (C=O) groups excluding carboxylic acids is 1. The number of rotatable bonds is 3. The third-order valence-electron chi connectivity index (χ3n) is 4.51. The molecular formula is C15H21BrN2O. The molecule has 3 N–H and O–H groups in total. The predicted octanol–water partition coefficient (Wildman–Crippen LogP) is 3.54. The van der Waals surface area contributed by atoms with Crippen LogP contribution in [0.4, 0.5) is 5.69 Å². The minimum absolute atomic E-state index is 0.238. The number of halogens is 1. The van der Waals surface area contributed by atoms with Gasteiger partial charge in [-0.15, -0.1) is 0 Å². The first-order valence-corrected chi connectivity index (χ1v) is 7.58. The maximum absolute atomic E-state index is 12.1. The predicted molar refractivity (Wildman–Crippen MR) is 81.9 cm³/mol. The fourth-order valence-electron chi connectivity index (χ4n) is 3.04. The van der Waals surface area contributed by atoms with Gasteiger partial charge in [-0.3, -0.25) is 4.79 Å². The van der Waals surface area contributed by atoms with Gasteiger partial charge in [0.25, 0.3) is 0 Å². The van der Waals surface area contributed by atoms with Gasteiger partial charge in [-0.2, -0.15) is 0 Å². The largest absolute Gasteiger partial charge is 0.371 e. The molecule has 1 aromatic carbocycles. The molecule has 0 heterocycles. The van der Waals surface area contributed by atoms with Crippen molar-refractivity contribution in [3.05, 3.63) is 28.7 Å². The molecule has 0 radical (unpaired) electrons. The number of anilines is 1. The van der Waals surface area contributed by atoms with Crippen LogP contribution in [0, 0.1) is 11.8 Å². The number of carbonyl (C=O) groups is 1. The minimum atomic E-state index is -0.620. The van der Waals surface area contributed by atoms with E-state index in [2.05, 4.69) is 35.1 Å². The highest BCUT2D eigenvalue weighted by molar-refractivity contribution is 9.10. The number of primary amides is 1. The van der Waals surface area contributed by atoms with Crippen molar-refractivity contribution in [3.63, 3.8) is 0 Å². The second kappa shape index (κ2) is 5.53. The molecule has 3 atom stereocenters. The Balaban J connectivity index is 2.29. The molecule has 19 heavy (non-hydrogen) atoms. The summed E-state index contributed by atoms with van der Waals surface area (Å²) in [6.07, 6.45) is 3.01. The Bertz CT molecular complexity index is 460. The molecular weight excluding hydrogens is 304 g/mol. The summed E-state index contributed by atoms with van der Waals surface area (Å²) in [6, 6.07) is 7.88. The van der Waals surface area contributed by atoms with E-state index in [0.717, 1.165) is 29.4 Å². The Labute approximate surface area is 123 Å². The number of hydrogen-bond acceptors (Lipinski definition) is 2. The van der Waals surface area contributed by atoms with Crippen LogP contribution in [0.2, 0.25) is 0 Å². The van der Waals surface area contributed by atoms with Gasteiger partial charge in [0.15, 0.2) is 0 Å². The van der Waals surface area contributed by atoms with Gasteiger partial charge in [-0.25, -0.2) is 0 Å². The zero-order chi connectivity index (χ0) is 14.0. The monoisotopic (exact) mass is 324 g/mol. The van der Waals surface area contributed by atoms with E-state index in [9.17, 15) is 4.79 Å². The first kappa shape index (κ1) is 14.4. The van der Waals surface area contributed by atoms with Gasteiger partial charge in [0.2, 0.25) is 5.91 Å². The van der Waals surface area contributed by atoms with Crippen LogP contribution in [-0.2, 0) is 4.79 Å². The summed E-state index contributed by atoms with van der Waals surface area (Å²) in [6.45, 7) is 4.32. The molecule has 2 rings (SSSR count). The number of benzene rings is 1. The lowest BCUT2D eigenvalue weighted by Crippen LogP contribution is -2.58. The fourth-order valence-corrected chi connectivity index (χ4v) is 3.31. The third-order valence-corrected chi connectivity index (χ3v) is 5.04. The molecule has 3 unspecified atom stereocenters. The smallest absolute Gasteiger partial charge is 0.243 e. The number of amides is 1. The molecule has 104 valence electrons. The summed E-state index contributed by atoms with van der Waals surface area (Å²) in [5, 5.41) is 3.41. The van der Waals surface area contributed by atoms with E-state index in [-0.39, 0.29) is 11.8 Å². The molecule has 1 amide bonds. The van der Waals surface area contributed by atoms with E-state index < -0.39 is 5.54 Å². The van der Waals surface area contributed by atoms with Crippen molar-refractivity contribution in [2.45, 2.75) is 38.6 Å². The van der Waals surface area contributed by atoms with E-state index >= 15 is 0 Å². The summed E-state index contributed by atoms with van der Waals surface area (Å²) in [5.41, 5.74) is 6.05. The fraction of sp³-hybridized carbons (Fsp3) is 0.533. The third kappa shape index (κ3) is 2.78. The van der Waals surface area contributed by atoms with Crippen molar-refractivity contribution < 1.29 is 4.79 Å². The SMILES string of the molecule is CC1CCCC(Nc2ccc(Br)cc2)(C(N)=O)C1C. The summed E-state index contributed by atoms with van der Waals surface area (Å²) < 4.78 is 1.02. The lowest BCUT2D eigenvalue weighted by Gasteiger charge is -2.44. The van der Waals surface area contributed by atoms with Crippen molar-refractivity contribution in [2.75, 3.05) is 5.32 Å². The van der Waals surface area contributed by atoms with Crippen LogP contribution in [0.5, 0.6) is 0 Å². The van der Waals surface area contributed by atoms with E-state index in [4.69, 9.17) is 5.73 Å². The van der Waals surface area contributed by atoms with Crippen molar-refractivity contribution >= 4 is 27.5 Å². The maximum atomic E-state index is 12.1. The lowest BCUT2D eigenvalue weighted by atomic mass is 9.67. The van der Waals surface area contributed by atoms with Crippen molar-refractivity contribution in [2.24, 2.45) is 17.6 Å². The molecule has 0 aliphatic heterocycles. The van der Waals surface area contributed by atoms with Crippen LogP contribution >= 0.6 is 15.9 Å². The molecule has 1 aliphatic rings. The molecule has 1 fully saturated rings. The van der Waals surface area contributed by atoms with Crippen LogP contribution < -0.4 is 11.1 Å². The molecule has 1 aliphatic carbocycles. The average Bonchev–Trinajstić information content (AvgIpc) is 2.37. The quantitative estimate of drug-likeness (QED) is 0.893. The van der Waals surface area contributed by atoms with Gasteiger partial charge in [-0.1, -0.05) is 42.6 Å². The Morgan fingerprint density at radius 2 is 2.00 bits per heavy atom. The van der Waals surface area contributed by atoms with Gasteiger partial charge in [0.1, 0.15) is 5.54 Å². The molecule has 1 aromatic rings. The van der Waals surface area contributed by atoms with E-state index in [1.165, 1.54) is 0 Å². The van der Waals surface area contributed by atoms with Crippen LogP contribution in [0.1, 0.15) is 33.1 Å². The topological polar surface area (TPSA) is 55.1 Å². The summed E-state index contributed by atoms with van der Waals surface area (Å²) in [4.78, 5) is 12.1. The van der Waals surface area contributed by atoms with Crippen molar-refractivity contribution in [1.29, 1.82) is 0 Å². The average molecular weight is 325 g/mol. The van der Waals surface area contributed by atoms with E-state index in [1.807, 2.05) is 24.3 Å². The molecule has 4 heteroatoms. The molecule has 0 saturated heterocycles. The molecule has 0 spiro atoms. The zero-order valence-corrected chi connectivity index (χ0v) is 13.0. The summed E-state index contributed by atoms with van der Waals surface area (Å²) >= 11 is 3.42. The van der Waals surface area contributed by atoms with Gasteiger partial charge in [-0.05, 0) is 42.5 Å². The lowest BCUT2D eigenvalue weighted by molar-refractivity contribution is -0.125. The standard InChI is InChI=1S/C15H21BrN2O/c1-10-4-3-9-15(11(10)2,14(17)19)18-13-7-5-12(16)6-8-13/h5-8,10-11,18H,3-4,9H2,1-2H3,(H2,17,19). The highest BCUT2D eigenvalue weighted by Gasteiger charge is 2.46. The maximum Gasteiger partial charge on any atom is 0.243 e. The van der Waals surface area contributed by atoms with Crippen LogP contribution in [-0.4, -0.2) is 11.4 Å². The number of nitrogens with two attached hydrogens (primary N) is 1. The van der Waals surface area contributed by atoms with Gasteiger partial charge in [0.05, 0.1) is 0 Å². The Hall–Kier alpha value is -1.03. The van der Waals surface area contributed by atoms with Crippen LogP contribution in [0.25, 0.3) is 0 Å². The molecule has 0 aromatic heterocycles. The normalized spacial score (nSPS) is 30.9. The zero-order valence-electron chi connectivity index (χ0n) is 11.4.